The maximum Gasteiger partial charge on any atom is 0.267 e. The van der Waals surface area contributed by atoms with Crippen molar-refractivity contribution >= 4 is 17.5 Å². The second-order valence-electron chi connectivity index (χ2n) is 7.48. The summed E-state index contributed by atoms with van der Waals surface area (Å²) >= 11 is 0. The number of carbonyl (C=O) groups excluding carboxylic acids is 2. The molecule has 3 aromatic carbocycles. The molecule has 0 aromatic heterocycles. The first-order valence-electron chi connectivity index (χ1n) is 9.76. The number of fused-ring (bicyclic) bond motifs is 1. The number of carbonyl (C=O) groups is 2. The van der Waals surface area contributed by atoms with Gasteiger partial charge in [-0.25, -0.2) is 13.2 Å². The lowest BCUT2D eigenvalue weighted by Gasteiger charge is -2.22. The fourth-order valence-electron chi connectivity index (χ4n) is 3.69. The maximum atomic E-state index is 14.3. The SMILES string of the molecule is Cc1cccc(CN(C(=O)c2ccc3c(c2)NCC3)C(=O)c2c(F)cc(F)cc2F)c1. The number of rotatable bonds is 4. The number of amides is 2. The molecule has 1 aliphatic heterocycles. The lowest BCUT2D eigenvalue weighted by molar-refractivity contribution is 0.0598. The molecule has 0 saturated carbocycles. The van der Waals surface area contributed by atoms with Gasteiger partial charge in [0.1, 0.15) is 23.0 Å². The first-order chi connectivity index (χ1) is 14.8. The summed E-state index contributed by atoms with van der Waals surface area (Å²) in [5.41, 5.74) is 2.58. The Morgan fingerprint density at radius 1 is 0.968 bits per heavy atom. The zero-order valence-electron chi connectivity index (χ0n) is 16.7. The zero-order valence-corrected chi connectivity index (χ0v) is 16.7. The summed E-state index contributed by atoms with van der Waals surface area (Å²) in [6.07, 6.45) is 0.821. The van der Waals surface area contributed by atoms with Crippen molar-refractivity contribution < 1.29 is 22.8 Å². The van der Waals surface area contributed by atoms with Gasteiger partial charge in [0.05, 0.1) is 6.54 Å². The average Bonchev–Trinajstić information content (AvgIpc) is 3.18. The first-order valence-corrected chi connectivity index (χ1v) is 9.76. The highest BCUT2D eigenvalue weighted by Crippen LogP contribution is 2.26. The van der Waals surface area contributed by atoms with Gasteiger partial charge in [-0.2, -0.15) is 0 Å². The standard InChI is InChI=1S/C24H19F3N2O2/c1-14-3-2-4-15(9-14)13-29(24(31)22-19(26)11-18(25)12-20(22)27)23(30)17-6-5-16-7-8-28-21(16)10-17/h2-6,9-12,28H,7-8,13H2,1H3. The fraction of sp³-hybridized carbons (Fsp3) is 0.167. The second kappa shape index (κ2) is 8.26. The molecule has 0 unspecified atom stereocenters. The third kappa shape index (κ3) is 4.17. The molecule has 3 aromatic rings. The predicted molar refractivity (Wildman–Crippen MR) is 110 cm³/mol. The van der Waals surface area contributed by atoms with Crippen molar-refractivity contribution in [2.75, 3.05) is 11.9 Å². The van der Waals surface area contributed by atoms with Crippen molar-refractivity contribution in [3.63, 3.8) is 0 Å². The summed E-state index contributed by atoms with van der Waals surface area (Å²) in [5.74, 6) is -5.74. The minimum atomic E-state index is -1.36. The fourth-order valence-corrected chi connectivity index (χ4v) is 3.69. The molecule has 0 spiro atoms. The van der Waals surface area contributed by atoms with E-state index in [0.717, 1.165) is 34.7 Å². The van der Waals surface area contributed by atoms with Crippen molar-refractivity contribution in [3.8, 4) is 0 Å². The van der Waals surface area contributed by atoms with E-state index in [1.165, 1.54) is 0 Å². The zero-order chi connectivity index (χ0) is 22.1. The molecule has 4 nitrogen and oxygen atoms in total. The number of halogens is 3. The summed E-state index contributed by atoms with van der Waals surface area (Å²) in [5, 5.41) is 3.16. The van der Waals surface area contributed by atoms with Crippen molar-refractivity contribution in [2.24, 2.45) is 0 Å². The number of nitrogens with zero attached hydrogens (tertiary/aromatic N) is 1. The highest BCUT2D eigenvalue weighted by Gasteiger charge is 2.30. The van der Waals surface area contributed by atoms with Gasteiger partial charge < -0.3 is 5.32 Å². The number of nitrogens with one attached hydrogen (secondary N) is 1. The van der Waals surface area contributed by atoms with Crippen LogP contribution >= 0.6 is 0 Å². The summed E-state index contributed by atoms with van der Waals surface area (Å²) in [4.78, 5) is 27.2. The van der Waals surface area contributed by atoms with Gasteiger partial charge in [0, 0.05) is 29.9 Å². The number of hydrogen-bond acceptors (Lipinski definition) is 3. The van der Waals surface area contributed by atoms with Crippen LogP contribution in [-0.2, 0) is 13.0 Å². The first kappa shape index (κ1) is 20.7. The Balaban J connectivity index is 1.76. The van der Waals surface area contributed by atoms with Crippen LogP contribution in [0, 0.1) is 24.4 Å². The van der Waals surface area contributed by atoms with Crippen LogP contribution in [0.25, 0.3) is 0 Å². The predicted octanol–water partition coefficient (Wildman–Crippen LogP) is 4.86. The minimum absolute atomic E-state index is 0.194. The minimum Gasteiger partial charge on any atom is -0.384 e. The summed E-state index contributed by atoms with van der Waals surface area (Å²) in [7, 11) is 0. The molecular weight excluding hydrogens is 405 g/mol. The maximum absolute atomic E-state index is 14.3. The average molecular weight is 424 g/mol. The van der Waals surface area contributed by atoms with Gasteiger partial charge in [0.25, 0.3) is 11.8 Å². The molecule has 1 N–H and O–H groups in total. The lowest BCUT2D eigenvalue weighted by atomic mass is 10.1. The van der Waals surface area contributed by atoms with Gasteiger partial charge >= 0.3 is 0 Å². The van der Waals surface area contributed by atoms with Crippen LogP contribution < -0.4 is 5.32 Å². The highest BCUT2D eigenvalue weighted by atomic mass is 19.1. The van der Waals surface area contributed by atoms with Gasteiger partial charge in [-0.05, 0) is 36.6 Å². The number of benzene rings is 3. The van der Waals surface area contributed by atoms with Crippen LogP contribution in [-0.4, -0.2) is 23.3 Å². The lowest BCUT2D eigenvalue weighted by Crippen LogP contribution is -2.37. The van der Waals surface area contributed by atoms with E-state index in [9.17, 15) is 22.8 Å². The number of anilines is 1. The van der Waals surface area contributed by atoms with Crippen molar-refractivity contribution in [3.05, 3.63) is 99.9 Å². The molecule has 4 rings (SSSR count). The van der Waals surface area contributed by atoms with Crippen LogP contribution in [0.4, 0.5) is 18.9 Å². The smallest absolute Gasteiger partial charge is 0.267 e. The van der Waals surface area contributed by atoms with E-state index in [1.54, 1.807) is 36.4 Å². The third-order valence-electron chi connectivity index (χ3n) is 5.20. The van der Waals surface area contributed by atoms with E-state index in [4.69, 9.17) is 0 Å². The summed E-state index contributed by atoms with van der Waals surface area (Å²) in [6.45, 7) is 2.40. The topological polar surface area (TPSA) is 49.4 Å². The number of imide groups is 1. The van der Waals surface area contributed by atoms with Crippen molar-refractivity contribution in [1.82, 2.24) is 4.90 Å². The van der Waals surface area contributed by atoms with Gasteiger partial charge in [-0.15, -0.1) is 0 Å². The molecule has 1 aliphatic rings. The van der Waals surface area contributed by atoms with Crippen molar-refractivity contribution in [1.29, 1.82) is 0 Å². The van der Waals surface area contributed by atoms with Crippen LogP contribution in [0.15, 0.2) is 54.6 Å². The molecule has 0 radical (unpaired) electrons. The molecule has 158 valence electrons. The summed E-state index contributed by atoms with van der Waals surface area (Å²) < 4.78 is 42.0. The van der Waals surface area contributed by atoms with E-state index >= 15 is 0 Å². The molecular formula is C24H19F3N2O2. The largest absolute Gasteiger partial charge is 0.384 e. The normalized spacial score (nSPS) is 12.3. The Morgan fingerprint density at radius 2 is 1.71 bits per heavy atom. The van der Waals surface area contributed by atoms with E-state index in [1.807, 2.05) is 13.0 Å². The summed E-state index contributed by atoms with van der Waals surface area (Å²) in [6, 6.07) is 12.9. The van der Waals surface area contributed by atoms with Gasteiger partial charge in [-0.3, -0.25) is 14.5 Å². The van der Waals surface area contributed by atoms with Crippen LogP contribution in [0.1, 0.15) is 37.4 Å². The monoisotopic (exact) mass is 424 g/mol. The quantitative estimate of drug-likeness (QED) is 0.609. The second-order valence-corrected chi connectivity index (χ2v) is 7.48. The van der Waals surface area contributed by atoms with Crippen molar-refractivity contribution in [2.45, 2.75) is 19.9 Å². The molecule has 0 fully saturated rings. The van der Waals surface area contributed by atoms with E-state index in [-0.39, 0.29) is 12.1 Å². The van der Waals surface area contributed by atoms with Gasteiger partial charge in [0.2, 0.25) is 0 Å². The molecule has 0 atom stereocenters. The van der Waals surface area contributed by atoms with E-state index in [0.29, 0.717) is 17.7 Å². The number of hydrogen-bond donors (Lipinski definition) is 1. The van der Waals surface area contributed by atoms with E-state index in [2.05, 4.69) is 5.32 Å². The molecule has 7 heteroatoms. The molecule has 0 saturated heterocycles. The van der Waals surface area contributed by atoms with Crippen LogP contribution in [0.5, 0.6) is 0 Å². The molecule has 2 amide bonds. The molecule has 31 heavy (non-hydrogen) atoms. The van der Waals surface area contributed by atoms with Crippen LogP contribution in [0.3, 0.4) is 0 Å². The van der Waals surface area contributed by atoms with Crippen LogP contribution in [0.2, 0.25) is 0 Å². The Hall–Kier alpha value is -3.61. The Bertz CT molecular complexity index is 1170. The number of aryl methyl sites for hydroxylation is 1. The Morgan fingerprint density at radius 3 is 2.42 bits per heavy atom. The van der Waals surface area contributed by atoms with Gasteiger partial charge in [-0.1, -0.05) is 35.9 Å². The third-order valence-corrected chi connectivity index (χ3v) is 5.20. The van der Waals surface area contributed by atoms with Gasteiger partial charge in [0.15, 0.2) is 0 Å². The highest BCUT2D eigenvalue weighted by molar-refractivity contribution is 6.10. The Labute approximate surface area is 177 Å². The molecule has 0 bridgehead atoms. The molecule has 1 heterocycles. The Kier molecular flexibility index (Phi) is 5.50. The molecule has 0 aliphatic carbocycles. The van der Waals surface area contributed by atoms with E-state index < -0.39 is 34.8 Å².